The number of hydrogen-bond acceptors (Lipinski definition) is 4. The molecule has 1 aromatic rings. The van der Waals surface area contributed by atoms with Crippen LogP contribution in [-0.4, -0.2) is 58.9 Å². The lowest BCUT2D eigenvalue weighted by Crippen LogP contribution is -2.38. The second kappa shape index (κ2) is 6.93. The van der Waals surface area contributed by atoms with Gasteiger partial charge in [-0.25, -0.2) is 0 Å². The molecule has 4 nitrogen and oxygen atoms in total. The molecule has 2 heterocycles. The Morgan fingerprint density at radius 1 is 1.19 bits per heavy atom. The molecule has 0 aromatic carbocycles. The molecule has 0 unspecified atom stereocenters. The van der Waals surface area contributed by atoms with E-state index in [2.05, 4.69) is 27.1 Å². The Morgan fingerprint density at radius 3 is 2.75 bits per heavy atom. The maximum atomic E-state index is 4.17. The summed E-state index contributed by atoms with van der Waals surface area (Å²) in [5.41, 5.74) is 0. The number of nitrogens with one attached hydrogen (secondary N) is 1. The predicted molar refractivity (Wildman–Crippen MR) is 68.9 cm³/mol. The highest BCUT2D eigenvalue weighted by Gasteiger charge is 2.08. The Hall–Kier alpha value is -0.520. The van der Waals surface area contributed by atoms with Crippen LogP contribution in [0.4, 0.5) is 0 Å². The summed E-state index contributed by atoms with van der Waals surface area (Å²) in [6, 6.07) is 1.96. The molecule has 0 aliphatic carbocycles. The standard InChI is InChI=1S/C11H20N4S/c1-2-13-15(5-1)7-4-12-3-6-14-8-10-16-11-9-14/h1-2,5,12H,3-4,6-11H2. The molecule has 0 bridgehead atoms. The predicted octanol–water partition coefficient (Wildman–Crippen LogP) is 0.521. The smallest absolute Gasteiger partial charge is 0.0533 e. The van der Waals surface area contributed by atoms with E-state index in [1.165, 1.54) is 31.1 Å². The third kappa shape index (κ3) is 4.15. The molecule has 0 spiro atoms. The third-order valence-electron chi connectivity index (χ3n) is 2.79. The minimum Gasteiger partial charge on any atom is -0.314 e. The molecule has 0 amide bonds. The van der Waals surface area contributed by atoms with Gasteiger partial charge in [0.15, 0.2) is 0 Å². The minimum absolute atomic E-state index is 0.961. The molecule has 1 aliphatic heterocycles. The Morgan fingerprint density at radius 2 is 2.00 bits per heavy atom. The largest absolute Gasteiger partial charge is 0.314 e. The van der Waals surface area contributed by atoms with E-state index < -0.39 is 0 Å². The van der Waals surface area contributed by atoms with Crippen LogP contribution in [0.5, 0.6) is 0 Å². The molecule has 1 N–H and O–H groups in total. The monoisotopic (exact) mass is 240 g/mol. The molecule has 16 heavy (non-hydrogen) atoms. The van der Waals surface area contributed by atoms with Gasteiger partial charge in [-0.1, -0.05) is 0 Å². The van der Waals surface area contributed by atoms with Crippen molar-refractivity contribution in [1.82, 2.24) is 20.0 Å². The molecule has 1 saturated heterocycles. The van der Waals surface area contributed by atoms with Gasteiger partial charge < -0.3 is 10.2 Å². The average molecular weight is 240 g/mol. The van der Waals surface area contributed by atoms with E-state index in [1.807, 2.05) is 23.1 Å². The van der Waals surface area contributed by atoms with Gasteiger partial charge in [-0.2, -0.15) is 16.9 Å². The van der Waals surface area contributed by atoms with Gasteiger partial charge >= 0.3 is 0 Å². The summed E-state index contributed by atoms with van der Waals surface area (Å²) in [7, 11) is 0. The van der Waals surface area contributed by atoms with E-state index in [-0.39, 0.29) is 0 Å². The van der Waals surface area contributed by atoms with Gasteiger partial charge in [-0.05, 0) is 6.07 Å². The van der Waals surface area contributed by atoms with Crippen LogP contribution in [0.1, 0.15) is 0 Å². The van der Waals surface area contributed by atoms with Crippen molar-refractivity contribution in [3.05, 3.63) is 18.5 Å². The maximum Gasteiger partial charge on any atom is 0.0533 e. The van der Waals surface area contributed by atoms with Gasteiger partial charge in [-0.3, -0.25) is 4.68 Å². The zero-order valence-electron chi connectivity index (χ0n) is 9.64. The van der Waals surface area contributed by atoms with Gasteiger partial charge in [0.05, 0.1) is 6.54 Å². The zero-order valence-corrected chi connectivity index (χ0v) is 10.5. The van der Waals surface area contributed by atoms with Gasteiger partial charge in [-0.15, -0.1) is 0 Å². The lowest BCUT2D eigenvalue weighted by molar-refractivity contribution is 0.300. The van der Waals surface area contributed by atoms with Crippen molar-refractivity contribution in [2.75, 3.05) is 44.2 Å². The van der Waals surface area contributed by atoms with Crippen molar-refractivity contribution >= 4 is 11.8 Å². The molecular weight excluding hydrogens is 220 g/mol. The number of hydrogen-bond donors (Lipinski definition) is 1. The van der Waals surface area contributed by atoms with E-state index in [9.17, 15) is 0 Å². The molecular formula is C11H20N4S. The third-order valence-corrected chi connectivity index (χ3v) is 3.73. The van der Waals surface area contributed by atoms with Crippen molar-refractivity contribution in [3.8, 4) is 0 Å². The van der Waals surface area contributed by atoms with Gasteiger partial charge in [0.2, 0.25) is 0 Å². The maximum absolute atomic E-state index is 4.17. The molecule has 1 fully saturated rings. The molecule has 5 heteroatoms. The van der Waals surface area contributed by atoms with Crippen molar-refractivity contribution in [1.29, 1.82) is 0 Å². The summed E-state index contributed by atoms with van der Waals surface area (Å²) in [5.74, 6) is 2.60. The van der Waals surface area contributed by atoms with Crippen molar-refractivity contribution in [2.45, 2.75) is 6.54 Å². The number of rotatable bonds is 6. The highest BCUT2D eigenvalue weighted by atomic mass is 32.2. The first kappa shape index (κ1) is 12.0. The van der Waals surface area contributed by atoms with Gasteiger partial charge in [0.1, 0.15) is 0 Å². The van der Waals surface area contributed by atoms with Crippen LogP contribution in [-0.2, 0) is 6.54 Å². The van der Waals surface area contributed by atoms with Gasteiger partial charge in [0, 0.05) is 56.6 Å². The lowest BCUT2D eigenvalue weighted by Gasteiger charge is -2.26. The van der Waals surface area contributed by atoms with Crippen LogP contribution in [0.3, 0.4) is 0 Å². The SMILES string of the molecule is c1cnn(CCNCCN2CCSCC2)c1. The summed E-state index contributed by atoms with van der Waals surface area (Å²) in [6.07, 6.45) is 3.83. The topological polar surface area (TPSA) is 33.1 Å². The Kier molecular flexibility index (Phi) is 5.18. The highest BCUT2D eigenvalue weighted by molar-refractivity contribution is 7.99. The first-order chi connectivity index (χ1) is 7.95. The second-order valence-electron chi connectivity index (χ2n) is 3.97. The second-order valence-corrected chi connectivity index (χ2v) is 5.20. The number of thioether (sulfide) groups is 1. The summed E-state index contributed by atoms with van der Waals surface area (Å²) >= 11 is 2.07. The van der Waals surface area contributed by atoms with E-state index in [1.54, 1.807) is 0 Å². The fourth-order valence-corrected chi connectivity index (χ4v) is 2.79. The van der Waals surface area contributed by atoms with Crippen LogP contribution in [0.25, 0.3) is 0 Å². The molecule has 0 atom stereocenters. The first-order valence-corrected chi connectivity index (χ1v) is 7.09. The van der Waals surface area contributed by atoms with Crippen molar-refractivity contribution < 1.29 is 0 Å². The Labute approximate surface area is 101 Å². The van der Waals surface area contributed by atoms with Crippen LogP contribution in [0.2, 0.25) is 0 Å². The van der Waals surface area contributed by atoms with E-state index in [0.717, 1.165) is 19.6 Å². The summed E-state index contributed by atoms with van der Waals surface area (Å²) < 4.78 is 1.96. The minimum atomic E-state index is 0.961. The highest BCUT2D eigenvalue weighted by Crippen LogP contribution is 2.07. The lowest BCUT2D eigenvalue weighted by atomic mass is 10.4. The summed E-state index contributed by atoms with van der Waals surface area (Å²) in [4.78, 5) is 2.54. The summed E-state index contributed by atoms with van der Waals surface area (Å²) in [6.45, 7) is 6.75. The fraction of sp³-hybridized carbons (Fsp3) is 0.727. The fourth-order valence-electron chi connectivity index (χ4n) is 1.81. The molecule has 0 saturated carbocycles. The molecule has 90 valence electrons. The molecule has 2 rings (SSSR count). The van der Waals surface area contributed by atoms with Crippen LogP contribution in [0, 0.1) is 0 Å². The van der Waals surface area contributed by atoms with Crippen LogP contribution in [0.15, 0.2) is 18.5 Å². The van der Waals surface area contributed by atoms with Crippen LogP contribution >= 0.6 is 11.8 Å². The molecule has 1 aliphatic rings. The average Bonchev–Trinajstić information content (AvgIpc) is 2.83. The molecule has 1 aromatic heterocycles. The zero-order chi connectivity index (χ0) is 11.1. The van der Waals surface area contributed by atoms with Gasteiger partial charge in [0.25, 0.3) is 0 Å². The van der Waals surface area contributed by atoms with E-state index >= 15 is 0 Å². The van der Waals surface area contributed by atoms with Crippen LogP contribution < -0.4 is 5.32 Å². The summed E-state index contributed by atoms with van der Waals surface area (Å²) in [5, 5.41) is 7.63. The Bertz CT molecular complexity index is 270. The Balaban J connectivity index is 1.48. The van der Waals surface area contributed by atoms with Crippen molar-refractivity contribution in [2.24, 2.45) is 0 Å². The normalized spacial score (nSPS) is 17.8. The van der Waals surface area contributed by atoms with Crippen molar-refractivity contribution in [3.63, 3.8) is 0 Å². The number of aromatic nitrogens is 2. The van der Waals surface area contributed by atoms with E-state index in [4.69, 9.17) is 0 Å². The first-order valence-electron chi connectivity index (χ1n) is 5.93. The quantitative estimate of drug-likeness (QED) is 0.735. The molecule has 0 radical (unpaired) electrons. The van der Waals surface area contributed by atoms with E-state index in [0.29, 0.717) is 0 Å². The number of nitrogens with zero attached hydrogens (tertiary/aromatic N) is 3.